The van der Waals surface area contributed by atoms with Gasteiger partial charge in [0.2, 0.25) is 5.82 Å². The summed E-state index contributed by atoms with van der Waals surface area (Å²) in [6, 6.07) is 6.46. The zero-order chi connectivity index (χ0) is 21.5. The number of halogens is 4. The van der Waals surface area contributed by atoms with Gasteiger partial charge >= 0.3 is 6.61 Å². The molecule has 162 valence electrons. The third-order valence-corrected chi connectivity index (χ3v) is 5.63. The highest BCUT2D eigenvalue weighted by Crippen LogP contribution is 2.32. The molecule has 0 aliphatic carbocycles. The lowest BCUT2D eigenvalue weighted by atomic mass is 9.93. The van der Waals surface area contributed by atoms with E-state index in [4.69, 9.17) is 4.98 Å². The Balaban J connectivity index is 1.48. The summed E-state index contributed by atoms with van der Waals surface area (Å²) < 4.78 is 57.2. The first-order valence-electron chi connectivity index (χ1n) is 9.81. The third kappa shape index (κ3) is 3.69. The van der Waals surface area contributed by atoms with Gasteiger partial charge < -0.3 is 20.3 Å². The smallest absolute Gasteiger partial charge is 0.387 e. The van der Waals surface area contributed by atoms with E-state index in [1.54, 1.807) is 6.07 Å². The summed E-state index contributed by atoms with van der Waals surface area (Å²) in [6.45, 7) is -1.54. The number of pyridine rings is 1. The van der Waals surface area contributed by atoms with E-state index in [9.17, 15) is 17.6 Å². The Morgan fingerprint density at radius 1 is 1.10 bits per heavy atom. The number of benzene rings is 1. The Kier molecular flexibility index (Phi) is 4.97. The Bertz CT molecular complexity index is 1120. The number of hydrogen-bond donors (Lipinski definition) is 2. The minimum absolute atomic E-state index is 0.174. The number of alkyl halides is 2. The molecule has 0 saturated carbocycles. The first-order chi connectivity index (χ1) is 15.0. The highest BCUT2D eigenvalue weighted by atomic mass is 19.3. The Hall–Kier alpha value is -3.21. The van der Waals surface area contributed by atoms with Crippen LogP contribution in [0.4, 0.5) is 34.9 Å². The molecule has 3 fully saturated rings. The van der Waals surface area contributed by atoms with E-state index >= 15 is 0 Å². The molecule has 3 aromatic rings. The molecule has 11 heteroatoms. The van der Waals surface area contributed by atoms with Crippen molar-refractivity contribution in [3.63, 3.8) is 0 Å². The van der Waals surface area contributed by atoms with Crippen LogP contribution >= 0.6 is 0 Å². The van der Waals surface area contributed by atoms with Gasteiger partial charge in [0.05, 0.1) is 11.2 Å². The Morgan fingerprint density at radius 2 is 1.97 bits per heavy atom. The molecule has 3 saturated heterocycles. The Morgan fingerprint density at radius 3 is 2.68 bits per heavy atom. The summed E-state index contributed by atoms with van der Waals surface area (Å²) in [6.07, 6.45) is 3.48. The number of ether oxygens (including phenoxy) is 1. The zero-order valence-electron chi connectivity index (χ0n) is 16.2. The second-order valence-corrected chi connectivity index (χ2v) is 7.49. The molecule has 2 atom stereocenters. The fourth-order valence-corrected chi connectivity index (χ4v) is 4.11. The standard InChI is InChI=1S/C20H18F4N6O/c21-16-12(3-5-14(17(16)22)31-20(23)24)28-19-18-13(26-9-27-19)4-6-15(29-18)30-8-10-1-2-11(30)7-25-10/h3-6,9-11,20,25H,1-2,7-8H2,(H,26,27,28)/t10-,11-/m0/s1. The first kappa shape index (κ1) is 19.7. The second-order valence-electron chi connectivity index (χ2n) is 7.49. The number of nitrogens with zero attached hydrogens (tertiary/aromatic N) is 4. The number of anilines is 3. The van der Waals surface area contributed by atoms with Crippen molar-refractivity contribution in [1.29, 1.82) is 0 Å². The van der Waals surface area contributed by atoms with Gasteiger partial charge in [0, 0.05) is 25.2 Å². The van der Waals surface area contributed by atoms with Crippen LogP contribution in [0.2, 0.25) is 0 Å². The molecule has 3 aliphatic rings. The number of nitrogens with one attached hydrogen (secondary N) is 2. The van der Waals surface area contributed by atoms with Crippen LogP contribution in [0.3, 0.4) is 0 Å². The van der Waals surface area contributed by atoms with Crippen molar-refractivity contribution in [2.45, 2.75) is 31.5 Å². The highest BCUT2D eigenvalue weighted by Gasteiger charge is 2.34. The van der Waals surface area contributed by atoms with Crippen molar-refractivity contribution in [2.75, 3.05) is 23.3 Å². The van der Waals surface area contributed by atoms with Crippen LogP contribution in [0.5, 0.6) is 5.75 Å². The quantitative estimate of drug-likeness (QED) is 0.595. The molecule has 3 aliphatic heterocycles. The molecule has 1 aromatic carbocycles. The summed E-state index contributed by atoms with van der Waals surface area (Å²) in [5.41, 5.74) is 0.634. The van der Waals surface area contributed by atoms with Gasteiger partial charge in [-0.2, -0.15) is 13.2 Å². The van der Waals surface area contributed by atoms with E-state index in [0.29, 0.717) is 23.1 Å². The molecule has 0 amide bonds. The number of piperidine rings is 2. The predicted octanol–water partition coefficient (Wildman–Crippen LogP) is 3.59. The lowest BCUT2D eigenvalue weighted by molar-refractivity contribution is -0.0525. The summed E-state index contributed by atoms with van der Waals surface area (Å²) in [4.78, 5) is 15.2. The normalized spacial score (nSPS) is 20.5. The average molecular weight is 434 g/mol. The zero-order valence-corrected chi connectivity index (χ0v) is 16.2. The first-order valence-corrected chi connectivity index (χ1v) is 9.81. The van der Waals surface area contributed by atoms with E-state index in [1.807, 2.05) is 6.07 Å². The molecule has 5 heterocycles. The van der Waals surface area contributed by atoms with Crippen LogP contribution < -0.4 is 20.3 Å². The molecular weight excluding hydrogens is 416 g/mol. The molecule has 0 radical (unpaired) electrons. The van der Waals surface area contributed by atoms with Gasteiger partial charge in [-0.3, -0.25) is 0 Å². The fourth-order valence-electron chi connectivity index (χ4n) is 4.11. The number of aromatic nitrogens is 3. The fraction of sp³-hybridized carbons (Fsp3) is 0.350. The van der Waals surface area contributed by atoms with Crippen LogP contribution in [0.15, 0.2) is 30.6 Å². The molecule has 2 aromatic heterocycles. The maximum absolute atomic E-state index is 14.4. The van der Waals surface area contributed by atoms with Crippen LogP contribution in [-0.2, 0) is 0 Å². The summed E-state index contributed by atoms with van der Waals surface area (Å²) in [5.74, 6) is -2.82. The molecule has 6 rings (SSSR count). The molecular formula is C20H18F4N6O. The topological polar surface area (TPSA) is 75.2 Å². The minimum atomic E-state index is -3.26. The maximum Gasteiger partial charge on any atom is 0.387 e. The predicted molar refractivity (Wildman–Crippen MR) is 106 cm³/mol. The average Bonchev–Trinajstić information content (AvgIpc) is 2.79. The van der Waals surface area contributed by atoms with Gasteiger partial charge in [0.25, 0.3) is 0 Å². The van der Waals surface area contributed by atoms with E-state index < -0.39 is 24.0 Å². The number of fused-ring (bicyclic) bond motifs is 4. The monoisotopic (exact) mass is 434 g/mol. The van der Waals surface area contributed by atoms with Crippen LogP contribution in [0, 0.1) is 11.6 Å². The molecule has 0 unspecified atom stereocenters. The minimum Gasteiger partial charge on any atom is -0.432 e. The molecule has 0 spiro atoms. The second kappa shape index (κ2) is 7.80. The SMILES string of the molecule is Fc1c(Nc2ncnc3ccc(N4C[C@@H]5CC[C@H]4CN5)nc23)ccc(OC(F)F)c1F. The van der Waals surface area contributed by atoms with Gasteiger partial charge in [0.1, 0.15) is 17.7 Å². The van der Waals surface area contributed by atoms with Gasteiger partial charge in [-0.05, 0) is 37.1 Å². The van der Waals surface area contributed by atoms with Crippen LogP contribution in [0.1, 0.15) is 12.8 Å². The maximum atomic E-state index is 14.4. The number of rotatable bonds is 5. The lowest BCUT2D eigenvalue weighted by Gasteiger charge is -2.46. The van der Waals surface area contributed by atoms with Gasteiger partial charge in [0.15, 0.2) is 17.4 Å². The highest BCUT2D eigenvalue weighted by molar-refractivity contribution is 5.88. The number of piperazine rings is 1. The van der Waals surface area contributed by atoms with Crippen molar-refractivity contribution < 1.29 is 22.3 Å². The van der Waals surface area contributed by atoms with Gasteiger partial charge in [-0.25, -0.2) is 19.3 Å². The lowest BCUT2D eigenvalue weighted by Crippen LogP contribution is -2.61. The molecule has 2 bridgehead atoms. The molecule has 31 heavy (non-hydrogen) atoms. The molecule has 2 N–H and O–H groups in total. The summed E-state index contributed by atoms with van der Waals surface area (Å²) in [7, 11) is 0. The van der Waals surface area contributed by atoms with E-state index in [2.05, 4.69) is 30.2 Å². The van der Waals surface area contributed by atoms with E-state index in [-0.39, 0.29) is 11.5 Å². The molecule has 7 nitrogen and oxygen atoms in total. The Labute approximate surface area is 174 Å². The van der Waals surface area contributed by atoms with Crippen LogP contribution in [-0.4, -0.2) is 46.7 Å². The summed E-state index contributed by atoms with van der Waals surface area (Å²) >= 11 is 0. The van der Waals surface area contributed by atoms with Crippen molar-refractivity contribution in [3.8, 4) is 5.75 Å². The van der Waals surface area contributed by atoms with Crippen molar-refractivity contribution >= 4 is 28.4 Å². The van der Waals surface area contributed by atoms with Crippen LogP contribution in [0.25, 0.3) is 11.0 Å². The van der Waals surface area contributed by atoms with Crippen molar-refractivity contribution in [2.24, 2.45) is 0 Å². The number of hydrogen-bond acceptors (Lipinski definition) is 7. The van der Waals surface area contributed by atoms with Crippen molar-refractivity contribution in [3.05, 3.63) is 42.2 Å². The van der Waals surface area contributed by atoms with Gasteiger partial charge in [-0.1, -0.05) is 0 Å². The van der Waals surface area contributed by atoms with Crippen molar-refractivity contribution in [1.82, 2.24) is 20.3 Å². The third-order valence-electron chi connectivity index (χ3n) is 5.63. The van der Waals surface area contributed by atoms with E-state index in [1.165, 1.54) is 6.33 Å². The summed E-state index contributed by atoms with van der Waals surface area (Å²) in [5, 5.41) is 6.18. The largest absolute Gasteiger partial charge is 0.432 e. The van der Waals surface area contributed by atoms with E-state index in [0.717, 1.165) is 43.9 Å². The van der Waals surface area contributed by atoms with Gasteiger partial charge in [-0.15, -0.1) is 0 Å².